The number of hydrogen-bond donors (Lipinski definition) is 0. The molecule has 0 fully saturated rings. The molecule has 0 saturated carbocycles. The minimum Gasteiger partial charge on any atom is -0.423 e. The van der Waals surface area contributed by atoms with Crippen molar-refractivity contribution in [3.8, 4) is 28.4 Å². The lowest BCUT2D eigenvalue weighted by atomic mass is 10.0. The van der Waals surface area contributed by atoms with Gasteiger partial charge in [-0.2, -0.15) is 0 Å². The van der Waals surface area contributed by atoms with Gasteiger partial charge in [0, 0.05) is 28.5 Å². The molecule has 0 aliphatic rings. The molecular formula is C25H14F4O5S. The van der Waals surface area contributed by atoms with E-state index in [0.29, 0.717) is 16.3 Å². The van der Waals surface area contributed by atoms with Gasteiger partial charge in [-0.1, -0.05) is 31.4 Å². The third-order valence-corrected chi connectivity index (χ3v) is 6.03. The number of rotatable bonds is 6. The number of carbonyl (C=O) groups excluding carboxylic acids is 2. The number of alkyl halides is 3. The van der Waals surface area contributed by atoms with E-state index in [4.69, 9.17) is 9.47 Å². The maximum Gasteiger partial charge on any atom is 0.573 e. The standard InChI is InChI=1S/C25H14F4O5S/c1-3-19(30)32-14-7-5-13(6-8-14)15-9-10-17-16-11-12-18(33-20(31)4-2)21(26)23(16)35-24(17)22(15)34-25(27,28)29/h3-12H,1-2H2. The second kappa shape index (κ2) is 9.22. The molecule has 0 atom stereocenters. The van der Waals surface area contributed by atoms with Crippen molar-refractivity contribution >= 4 is 43.4 Å². The highest BCUT2D eigenvalue weighted by Crippen LogP contribution is 2.47. The van der Waals surface area contributed by atoms with Crippen molar-refractivity contribution in [2.45, 2.75) is 6.36 Å². The lowest BCUT2D eigenvalue weighted by Gasteiger charge is -2.15. The van der Waals surface area contributed by atoms with Crippen molar-refractivity contribution in [2.24, 2.45) is 0 Å². The highest BCUT2D eigenvalue weighted by Gasteiger charge is 2.34. The van der Waals surface area contributed by atoms with Crippen LogP contribution in [0.25, 0.3) is 31.3 Å². The lowest BCUT2D eigenvalue weighted by Crippen LogP contribution is -2.17. The Kier molecular flexibility index (Phi) is 6.31. The minimum atomic E-state index is -5.03. The van der Waals surface area contributed by atoms with Gasteiger partial charge >= 0.3 is 18.3 Å². The van der Waals surface area contributed by atoms with E-state index in [1.54, 1.807) is 6.07 Å². The van der Waals surface area contributed by atoms with Crippen LogP contribution in [0.15, 0.2) is 73.8 Å². The molecular weight excluding hydrogens is 488 g/mol. The fourth-order valence-corrected chi connectivity index (χ4v) is 4.58. The van der Waals surface area contributed by atoms with Crippen LogP contribution in [0.1, 0.15) is 0 Å². The average Bonchev–Trinajstić information content (AvgIpc) is 3.20. The summed E-state index contributed by atoms with van der Waals surface area (Å²) in [5.41, 5.74) is 0.421. The Morgan fingerprint density at radius 1 is 0.829 bits per heavy atom. The number of thiophene rings is 1. The van der Waals surface area contributed by atoms with Gasteiger partial charge in [0.2, 0.25) is 0 Å². The van der Waals surface area contributed by atoms with Gasteiger partial charge in [0.05, 0.1) is 9.40 Å². The van der Waals surface area contributed by atoms with Gasteiger partial charge in [-0.05, 0) is 35.9 Å². The predicted octanol–water partition coefficient (Wildman–Crippen LogP) is 6.94. The van der Waals surface area contributed by atoms with Crippen molar-refractivity contribution in [2.75, 3.05) is 0 Å². The molecule has 4 rings (SSSR count). The Morgan fingerprint density at radius 3 is 2.06 bits per heavy atom. The zero-order valence-electron chi connectivity index (χ0n) is 17.6. The topological polar surface area (TPSA) is 61.8 Å². The zero-order chi connectivity index (χ0) is 25.3. The van der Waals surface area contributed by atoms with E-state index in [9.17, 15) is 22.8 Å². The van der Waals surface area contributed by atoms with Crippen LogP contribution in [-0.4, -0.2) is 18.3 Å². The molecule has 5 nitrogen and oxygen atoms in total. The smallest absolute Gasteiger partial charge is 0.423 e. The summed E-state index contributed by atoms with van der Waals surface area (Å²) < 4.78 is 69.4. The van der Waals surface area contributed by atoms with E-state index in [1.807, 2.05) is 0 Å². The SMILES string of the molecule is C=CC(=O)Oc1ccc(-c2ccc3c(sc4c(F)c(OC(=O)C=C)ccc43)c2OC(F)(F)F)cc1. The molecule has 0 aliphatic carbocycles. The predicted molar refractivity (Wildman–Crippen MR) is 123 cm³/mol. The summed E-state index contributed by atoms with van der Waals surface area (Å²) >= 11 is 0.730. The van der Waals surface area contributed by atoms with E-state index in [0.717, 1.165) is 23.5 Å². The number of hydrogen-bond acceptors (Lipinski definition) is 6. The molecule has 0 amide bonds. The largest absolute Gasteiger partial charge is 0.573 e. The summed E-state index contributed by atoms with van der Waals surface area (Å²) in [5, 5.41) is 0.649. The molecule has 0 N–H and O–H groups in total. The maximum absolute atomic E-state index is 15.1. The molecule has 0 unspecified atom stereocenters. The lowest BCUT2D eigenvalue weighted by molar-refractivity contribution is -0.273. The molecule has 0 saturated heterocycles. The van der Waals surface area contributed by atoms with Gasteiger partial charge in [0.25, 0.3) is 0 Å². The highest BCUT2D eigenvalue weighted by molar-refractivity contribution is 7.26. The van der Waals surface area contributed by atoms with E-state index in [-0.39, 0.29) is 26.5 Å². The first-order valence-corrected chi connectivity index (χ1v) is 10.7. The molecule has 0 aliphatic heterocycles. The van der Waals surface area contributed by atoms with E-state index in [2.05, 4.69) is 17.9 Å². The molecule has 3 aromatic carbocycles. The van der Waals surface area contributed by atoms with Gasteiger partial charge < -0.3 is 14.2 Å². The summed E-state index contributed by atoms with van der Waals surface area (Å²) in [6, 6.07) is 11.4. The van der Waals surface area contributed by atoms with Crippen molar-refractivity contribution in [3.63, 3.8) is 0 Å². The third kappa shape index (κ3) is 4.87. The molecule has 0 bridgehead atoms. The number of halogens is 4. The van der Waals surface area contributed by atoms with Gasteiger partial charge in [-0.3, -0.25) is 0 Å². The number of esters is 2. The Balaban J connectivity index is 1.89. The van der Waals surface area contributed by atoms with Crippen LogP contribution in [0.2, 0.25) is 0 Å². The maximum atomic E-state index is 15.1. The van der Waals surface area contributed by atoms with E-state index in [1.165, 1.54) is 42.5 Å². The minimum absolute atomic E-state index is 0.00905. The van der Waals surface area contributed by atoms with Crippen LogP contribution >= 0.6 is 11.3 Å². The molecule has 1 heterocycles. The second-order valence-electron chi connectivity index (χ2n) is 7.00. The van der Waals surface area contributed by atoms with Crippen LogP contribution in [0, 0.1) is 5.82 Å². The summed E-state index contributed by atoms with van der Waals surface area (Å²) in [6.45, 7) is 6.54. The van der Waals surface area contributed by atoms with Crippen LogP contribution in [0.5, 0.6) is 17.2 Å². The third-order valence-electron chi connectivity index (χ3n) is 4.81. The van der Waals surface area contributed by atoms with E-state index < -0.39 is 29.9 Å². The van der Waals surface area contributed by atoms with Crippen LogP contribution < -0.4 is 14.2 Å². The van der Waals surface area contributed by atoms with Gasteiger partial charge in [-0.15, -0.1) is 24.5 Å². The van der Waals surface area contributed by atoms with Crippen molar-refractivity contribution in [1.29, 1.82) is 0 Å². The molecule has 4 aromatic rings. The van der Waals surface area contributed by atoms with Gasteiger partial charge in [-0.25, -0.2) is 14.0 Å². The number of fused-ring (bicyclic) bond motifs is 3. The summed E-state index contributed by atoms with van der Waals surface area (Å²) in [7, 11) is 0. The first-order chi connectivity index (χ1) is 16.6. The highest BCUT2D eigenvalue weighted by atomic mass is 32.1. The Labute approximate surface area is 199 Å². The zero-order valence-corrected chi connectivity index (χ0v) is 18.5. The number of ether oxygens (including phenoxy) is 3. The van der Waals surface area contributed by atoms with Gasteiger partial charge in [0.1, 0.15) is 5.75 Å². The second-order valence-corrected chi connectivity index (χ2v) is 8.02. The molecule has 0 radical (unpaired) electrons. The Bertz CT molecular complexity index is 1490. The van der Waals surface area contributed by atoms with Crippen molar-refractivity contribution in [1.82, 2.24) is 0 Å². The fraction of sp³-hybridized carbons (Fsp3) is 0.0400. The average molecular weight is 502 g/mol. The van der Waals surface area contributed by atoms with E-state index >= 15 is 4.39 Å². The van der Waals surface area contributed by atoms with Gasteiger partial charge in [0.15, 0.2) is 17.3 Å². The number of benzene rings is 3. The summed E-state index contributed by atoms with van der Waals surface area (Å²) in [4.78, 5) is 22.8. The first-order valence-electron chi connectivity index (χ1n) is 9.83. The molecule has 10 heteroatoms. The summed E-state index contributed by atoms with van der Waals surface area (Å²) in [6.07, 6.45) is -3.19. The molecule has 0 spiro atoms. The number of carbonyl (C=O) groups is 2. The Morgan fingerprint density at radius 2 is 1.43 bits per heavy atom. The fourth-order valence-electron chi connectivity index (χ4n) is 3.36. The van der Waals surface area contributed by atoms with Crippen LogP contribution in [0.4, 0.5) is 17.6 Å². The molecule has 35 heavy (non-hydrogen) atoms. The monoisotopic (exact) mass is 502 g/mol. The van der Waals surface area contributed by atoms with Crippen LogP contribution in [-0.2, 0) is 9.59 Å². The summed E-state index contributed by atoms with van der Waals surface area (Å²) in [5.74, 6) is -3.19. The molecule has 178 valence electrons. The first kappa shape index (κ1) is 24.0. The molecule has 1 aromatic heterocycles. The normalized spacial score (nSPS) is 11.3. The van der Waals surface area contributed by atoms with Crippen LogP contribution in [0.3, 0.4) is 0 Å². The Hall–Kier alpha value is -4.18. The van der Waals surface area contributed by atoms with Crippen molar-refractivity contribution in [3.05, 3.63) is 79.7 Å². The quantitative estimate of drug-likeness (QED) is 0.124. The van der Waals surface area contributed by atoms with Crippen molar-refractivity contribution < 1.29 is 41.4 Å².